The molecule has 3 nitrogen and oxygen atoms in total. The third kappa shape index (κ3) is 4.75. The van der Waals surface area contributed by atoms with Gasteiger partial charge in [0.15, 0.2) is 0 Å². The lowest BCUT2D eigenvalue weighted by atomic mass is 10.1. The fourth-order valence-corrected chi connectivity index (χ4v) is 2.39. The van der Waals surface area contributed by atoms with E-state index in [1.165, 1.54) is 6.07 Å². The second-order valence-electron chi connectivity index (χ2n) is 4.67. The molecule has 1 aromatic carbocycles. The Morgan fingerprint density at radius 3 is 2.74 bits per heavy atom. The van der Waals surface area contributed by atoms with Crippen LogP contribution in [-0.2, 0) is 11.2 Å². The van der Waals surface area contributed by atoms with Crippen LogP contribution in [0.2, 0.25) is 0 Å². The largest absolute Gasteiger partial charge is 0.352 e. The Balaban J connectivity index is 0.00000180. The molecule has 1 atom stereocenters. The fraction of sp³-hybridized carbons (Fsp3) is 0.462. The van der Waals surface area contributed by atoms with Gasteiger partial charge in [-0.1, -0.05) is 6.07 Å². The molecule has 6 heteroatoms. The molecule has 0 spiro atoms. The Kier molecular flexibility index (Phi) is 6.23. The molecule has 19 heavy (non-hydrogen) atoms. The van der Waals surface area contributed by atoms with Gasteiger partial charge >= 0.3 is 0 Å². The Bertz CT molecular complexity index is 454. The molecular formula is C13H17BrClFN2O. The first kappa shape index (κ1) is 16.4. The minimum absolute atomic E-state index is 0. The molecule has 0 aliphatic heterocycles. The lowest BCUT2D eigenvalue weighted by Crippen LogP contribution is -2.42. The van der Waals surface area contributed by atoms with Crippen molar-refractivity contribution in [3.63, 3.8) is 0 Å². The molecule has 2 rings (SSSR count). The van der Waals surface area contributed by atoms with E-state index in [9.17, 15) is 9.18 Å². The third-order valence-corrected chi connectivity index (χ3v) is 3.75. The summed E-state index contributed by atoms with van der Waals surface area (Å²) in [7, 11) is 0. The van der Waals surface area contributed by atoms with Crippen LogP contribution < -0.4 is 11.1 Å². The van der Waals surface area contributed by atoms with Gasteiger partial charge in [0.2, 0.25) is 5.91 Å². The first-order valence-electron chi connectivity index (χ1n) is 6.03. The van der Waals surface area contributed by atoms with E-state index in [0.29, 0.717) is 16.9 Å². The fourth-order valence-electron chi connectivity index (χ4n) is 1.96. The topological polar surface area (TPSA) is 55.1 Å². The van der Waals surface area contributed by atoms with E-state index in [1.54, 1.807) is 12.1 Å². The second kappa shape index (κ2) is 7.22. The minimum atomic E-state index is -0.322. The number of rotatable bonds is 5. The zero-order chi connectivity index (χ0) is 13.1. The average Bonchev–Trinajstić information content (AvgIpc) is 3.15. The Labute approximate surface area is 126 Å². The molecule has 3 N–H and O–H groups in total. The SMILES string of the molecule is Cl.NCC(NC(=O)Cc1ccc(F)c(Br)c1)C1CC1. The number of benzene rings is 1. The third-order valence-electron chi connectivity index (χ3n) is 3.14. The second-order valence-corrected chi connectivity index (χ2v) is 5.53. The number of amides is 1. The molecule has 0 aromatic heterocycles. The number of hydrogen-bond donors (Lipinski definition) is 2. The molecule has 0 heterocycles. The summed E-state index contributed by atoms with van der Waals surface area (Å²) < 4.78 is 13.4. The van der Waals surface area contributed by atoms with Crippen molar-refractivity contribution in [1.29, 1.82) is 0 Å². The van der Waals surface area contributed by atoms with Crippen LogP contribution in [0, 0.1) is 11.7 Å². The quantitative estimate of drug-likeness (QED) is 0.856. The summed E-state index contributed by atoms with van der Waals surface area (Å²) in [5.74, 6) is 0.159. The van der Waals surface area contributed by atoms with E-state index in [4.69, 9.17) is 5.73 Å². The molecule has 1 fully saturated rings. The molecule has 0 radical (unpaired) electrons. The summed E-state index contributed by atoms with van der Waals surface area (Å²) in [6, 6.07) is 4.69. The molecule has 1 unspecified atom stereocenters. The summed E-state index contributed by atoms with van der Waals surface area (Å²) >= 11 is 3.11. The molecule has 106 valence electrons. The van der Waals surface area contributed by atoms with Crippen LogP contribution in [0.15, 0.2) is 22.7 Å². The Morgan fingerprint density at radius 2 is 2.21 bits per heavy atom. The number of hydrogen-bond acceptors (Lipinski definition) is 2. The highest BCUT2D eigenvalue weighted by Gasteiger charge is 2.31. The summed E-state index contributed by atoms with van der Waals surface area (Å²) in [6.45, 7) is 0.476. The van der Waals surface area contributed by atoms with Crippen LogP contribution >= 0.6 is 28.3 Å². The van der Waals surface area contributed by atoms with Gasteiger partial charge in [-0.3, -0.25) is 4.79 Å². The van der Waals surface area contributed by atoms with Gasteiger partial charge in [0.25, 0.3) is 0 Å². The molecular weight excluding hydrogens is 335 g/mol. The van der Waals surface area contributed by atoms with Crippen molar-refractivity contribution in [3.8, 4) is 0 Å². The summed E-state index contributed by atoms with van der Waals surface area (Å²) in [4.78, 5) is 11.8. The predicted molar refractivity (Wildman–Crippen MR) is 78.8 cm³/mol. The normalized spacial score (nSPS) is 15.5. The van der Waals surface area contributed by atoms with Gasteiger partial charge in [-0.25, -0.2) is 4.39 Å². The Hall–Kier alpha value is -0.650. The molecule has 0 saturated heterocycles. The number of carbonyl (C=O) groups excluding carboxylic acids is 1. The maximum Gasteiger partial charge on any atom is 0.224 e. The number of nitrogens with two attached hydrogens (primary N) is 1. The summed E-state index contributed by atoms with van der Waals surface area (Å²) in [5, 5.41) is 2.94. The van der Waals surface area contributed by atoms with Crippen LogP contribution in [0.5, 0.6) is 0 Å². The van der Waals surface area contributed by atoms with E-state index in [1.807, 2.05) is 0 Å². The lowest BCUT2D eigenvalue weighted by Gasteiger charge is -2.16. The maximum absolute atomic E-state index is 13.1. The first-order chi connectivity index (χ1) is 8.60. The van der Waals surface area contributed by atoms with E-state index in [-0.39, 0.29) is 36.6 Å². The predicted octanol–water partition coefficient (Wildman–Crippen LogP) is 2.41. The van der Waals surface area contributed by atoms with Crippen LogP contribution in [0.25, 0.3) is 0 Å². The van der Waals surface area contributed by atoms with Crippen molar-refractivity contribution in [1.82, 2.24) is 5.32 Å². The van der Waals surface area contributed by atoms with E-state index in [0.717, 1.165) is 18.4 Å². The smallest absolute Gasteiger partial charge is 0.224 e. The van der Waals surface area contributed by atoms with Gasteiger partial charge in [0.05, 0.1) is 10.9 Å². The van der Waals surface area contributed by atoms with Crippen molar-refractivity contribution in [3.05, 3.63) is 34.1 Å². The lowest BCUT2D eigenvalue weighted by molar-refractivity contribution is -0.121. The highest BCUT2D eigenvalue weighted by molar-refractivity contribution is 9.10. The van der Waals surface area contributed by atoms with Crippen molar-refractivity contribution in [2.24, 2.45) is 11.7 Å². The van der Waals surface area contributed by atoms with Crippen molar-refractivity contribution >= 4 is 34.2 Å². The van der Waals surface area contributed by atoms with Crippen LogP contribution in [0.3, 0.4) is 0 Å². The summed E-state index contributed by atoms with van der Waals surface area (Å²) in [5.41, 5.74) is 6.41. The highest BCUT2D eigenvalue weighted by Crippen LogP contribution is 2.32. The highest BCUT2D eigenvalue weighted by atomic mass is 79.9. The van der Waals surface area contributed by atoms with E-state index in [2.05, 4.69) is 21.2 Å². The van der Waals surface area contributed by atoms with Gasteiger partial charge in [-0.2, -0.15) is 0 Å². The molecule has 0 bridgehead atoms. The number of halogens is 3. The van der Waals surface area contributed by atoms with Crippen molar-refractivity contribution in [2.75, 3.05) is 6.54 Å². The summed E-state index contributed by atoms with van der Waals surface area (Å²) in [6.07, 6.45) is 2.54. The molecule has 1 aliphatic rings. The average molecular weight is 352 g/mol. The van der Waals surface area contributed by atoms with Crippen LogP contribution in [0.1, 0.15) is 18.4 Å². The van der Waals surface area contributed by atoms with Gasteiger partial charge in [0.1, 0.15) is 5.82 Å². The van der Waals surface area contributed by atoms with Gasteiger partial charge < -0.3 is 11.1 Å². The zero-order valence-corrected chi connectivity index (χ0v) is 12.8. The zero-order valence-electron chi connectivity index (χ0n) is 10.4. The number of carbonyl (C=O) groups is 1. The first-order valence-corrected chi connectivity index (χ1v) is 6.83. The van der Waals surface area contributed by atoms with E-state index < -0.39 is 0 Å². The Morgan fingerprint density at radius 1 is 1.53 bits per heavy atom. The van der Waals surface area contributed by atoms with Gasteiger partial charge in [-0.05, 0) is 52.4 Å². The standard InChI is InChI=1S/C13H16BrFN2O.ClH/c14-10-5-8(1-4-11(10)15)6-13(18)17-12(7-16)9-2-3-9;/h1,4-5,9,12H,2-3,6-7,16H2,(H,17,18);1H. The van der Waals surface area contributed by atoms with Crippen molar-refractivity contribution < 1.29 is 9.18 Å². The monoisotopic (exact) mass is 350 g/mol. The number of nitrogens with one attached hydrogen (secondary N) is 1. The van der Waals surface area contributed by atoms with Crippen molar-refractivity contribution in [2.45, 2.75) is 25.3 Å². The van der Waals surface area contributed by atoms with E-state index >= 15 is 0 Å². The molecule has 1 aromatic rings. The molecule has 1 aliphatic carbocycles. The molecule has 1 saturated carbocycles. The van der Waals surface area contributed by atoms with Crippen LogP contribution in [-0.4, -0.2) is 18.5 Å². The van der Waals surface area contributed by atoms with Gasteiger partial charge in [-0.15, -0.1) is 12.4 Å². The van der Waals surface area contributed by atoms with Gasteiger partial charge in [0, 0.05) is 12.6 Å². The van der Waals surface area contributed by atoms with Crippen LogP contribution in [0.4, 0.5) is 4.39 Å². The molecule has 1 amide bonds. The maximum atomic E-state index is 13.1. The minimum Gasteiger partial charge on any atom is -0.352 e.